The molecule has 5 nitrogen and oxygen atoms in total. The number of hydrogen-bond acceptors (Lipinski definition) is 4. The number of hydrogen-bond donors (Lipinski definition) is 1. The van der Waals surface area contributed by atoms with Gasteiger partial charge in [-0.2, -0.15) is 0 Å². The number of aliphatic carboxylic acids is 1. The fourth-order valence-corrected chi connectivity index (χ4v) is 2.17. The number of carbonyl (C=O) groups is 1. The van der Waals surface area contributed by atoms with Crippen LogP contribution in [0.3, 0.4) is 0 Å². The average Bonchev–Trinajstić information content (AvgIpc) is 2.61. The summed E-state index contributed by atoms with van der Waals surface area (Å²) in [5.74, 6) is -0.0741. The lowest BCUT2D eigenvalue weighted by Gasteiger charge is -2.17. The molecule has 0 aromatic carbocycles. The van der Waals surface area contributed by atoms with Gasteiger partial charge in [0.15, 0.2) is 0 Å². The first-order chi connectivity index (χ1) is 7.59. The van der Waals surface area contributed by atoms with Crippen LogP contribution in [0.2, 0.25) is 0 Å². The summed E-state index contributed by atoms with van der Waals surface area (Å²) in [5.41, 5.74) is 0.848. The monoisotopic (exact) mass is 221 g/mol. The van der Waals surface area contributed by atoms with Crippen LogP contribution in [-0.2, 0) is 4.79 Å². The van der Waals surface area contributed by atoms with E-state index in [0.717, 1.165) is 18.1 Å². The first kappa shape index (κ1) is 10.9. The summed E-state index contributed by atoms with van der Waals surface area (Å²) in [4.78, 5) is 21.4. The molecule has 0 unspecified atom stereocenters. The van der Waals surface area contributed by atoms with E-state index in [4.69, 9.17) is 5.11 Å². The first-order valence-electron chi connectivity index (χ1n) is 5.35. The fraction of sp³-hybridized carbons (Fsp3) is 0.545. The lowest BCUT2D eigenvalue weighted by Crippen LogP contribution is -2.24. The molecule has 2 heterocycles. The van der Waals surface area contributed by atoms with Crippen LogP contribution in [0, 0.1) is 18.8 Å². The summed E-state index contributed by atoms with van der Waals surface area (Å²) >= 11 is 0. The van der Waals surface area contributed by atoms with Crippen molar-refractivity contribution >= 4 is 11.8 Å². The van der Waals surface area contributed by atoms with Crippen LogP contribution in [0.5, 0.6) is 0 Å². The molecule has 0 saturated carbocycles. The maximum atomic E-state index is 11.0. The summed E-state index contributed by atoms with van der Waals surface area (Å²) in [7, 11) is 0. The van der Waals surface area contributed by atoms with Gasteiger partial charge in [-0.1, -0.05) is 6.92 Å². The van der Waals surface area contributed by atoms with Crippen molar-refractivity contribution in [2.45, 2.75) is 13.8 Å². The molecule has 0 radical (unpaired) electrons. The minimum Gasteiger partial charge on any atom is -0.481 e. The van der Waals surface area contributed by atoms with Gasteiger partial charge in [0.2, 0.25) is 0 Å². The minimum atomic E-state index is -0.725. The highest BCUT2D eigenvalue weighted by atomic mass is 16.4. The van der Waals surface area contributed by atoms with Crippen molar-refractivity contribution in [1.29, 1.82) is 0 Å². The highest BCUT2D eigenvalue weighted by molar-refractivity contribution is 5.72. The molecule has 2 atom stereocenters. The first-order valence-corrected chi connectivity index (χ1v) is 5.35. The van der Waals surface area contributed by atoms with Crippen LogP contribution < -0.4 is 4.90 Å². The van der Waals surface area contributed by atoms with Gasteiger partial charge in [-0.25, -0.2) is 4.98 Å². The number of rotatable bonds is 2. The van der Waals surface area contributed by atoms with Gasteiger partial charge in [-0.05, 0) is 12.8 Å². The van der Waals surface area contributed by atoms with Gasteiger partial charge in [0.05, 0.1) is 11.6 Å². The molecule has 0 aliphatic carbocycles. The van der Waals surface area contributed by atoms with E-state index in [9.17, 15) is 4.79 Å². The van der Waals surface area contributed by atoms with Gasteiger partial charge in [0.1, 0.15) is 5.82 Å². The van der Waals surface area contributed by atoms with Gasteiger partial charge >= 0.3 is 5.97 Å². The van der Waals surface area contributed by atoms with Gasteiger partial charge in [0, 0.05) is 25.5 Å². The summed E-state index contributed by atoms with van der Waals surface area (Å²) < 4.78 is 0. The largest absolute Gasteiger partial charge is 0.481 e. The highest BCUT2D eigenvalue weighted by Gasteiger charge is 2.35. The van der Waals surface area contributed by atoms with Crippen molar-refractivity contribution in [3.63, 3.8) is 0 Å². The third kappa shape index (κ3) is 1.85. The van der Waals surface area contributed by atoms with Crippen molar-refractivity contribution in [1.82, 2.24) is 9.97 Å². The van der Waals surface area contributed by atoms with E-state index in [0.29, 0.717) is 6.54 Å². The van der Waals surface area contributed by atoms with Gasteiger partial charge in [-0.3, -0.25) is 9.78 Å². The molecule has 1 fully saturated rings. The molecule has 1 aliphatic rings. The summed E-state index contributed by atoms with van der Waals surface area (Å²) in [6.07, 6.45) is 3.29. The lowest BCUT2D eigenvalue weighted by molar-refractivity contribution is -0.142. The second-order valence-corrected chi connectivity index (χ2v) is 4.29. The zero-order valence-corrected chi connectivity index (χ0v) is 9.42. The molecule has 1 aliphatic heterocycles. The normalized spacial score (nSPS) is 24.8. The Morgan fingerprint density at radius 1 is 1.44 bits per heavy atom. The van der Waals surface area contributed by atoms with E-state index in [-0.39, 0.29) is 11.8 Å². The zero-order valence-electron chi connectivity index (χ0n) is 9.42. The van der Waals surface area contributed by atoms with Crippen molar-refractivity contribution in [3.05, 3.63) is 18.1 Å². The molecule has 5 heteroatoms. The molecule has 1 aromatic heterocycles. The third-order valence-corrected chi connectivity index (χ3v) is 3.08. The van der Waals surface area contributed by atoms with Gasteiger partial charge in [-0.15, -0.1) is 0 Å². The minimum absolute atomic E-state index is 0.152. The van der Waals surface area contributed by atoms with Crippen LogP contribution in [0.4, 0.5) is 5.82 Å². The van der Waals surface area contributed by atoms with Crippen molar-refractivity contribution in [3.8, 4) is 0 Å². The Labute approximate surface area is 94.1 Å². The highest BCUT2D eigenvalue weighted by Crippen LogP contribution is 2.27. The number of nitrogens with zero attached hydrogens (tertiary/aromatic N) is 3. The van der Waals surface area contributed by atoms with E-state index < -0.39 is 5.97 Å². The van der Waals surface area contributed by atoms with Crippen LogP contribution in [-0.4, -0.2) is 34.1 Å². The molecule has 0 amide bonds. The number of carboxylic acids is 1. The molecule has 0 spiro atoms. The number of carboxylic acid groups (broad SMARTS) is 1. The zero-order chi connectivity index (χ0) is 11.7. The van der Waals surface area contributed by atoms with Crippen molar-refractivity contribution < 1.29 is 9.90 Å². The number of aryl methyl sites for hydroxylation is 1. The van der Waals surface area contributed by atoms with Crippen molar-refractivity contribution in [2.24, 2.45) is 11.8 Å². The van der Waals surface area contributed by atoms with E-state index in [1.165, 1.54) is 0 Å². The summed E-state index contributed by atoms with van der Waals surface area (Å²) in [6, 6.07) is 0. The third-order valence-electron chi connectivity index (χ3n) is 3.08. The van der Waals surface area contributed by atoms with E-state index in [2.05, 4.69) is 9.97 Å². The maximum absolute atomic E-state index is 11.0. The predicted molar refractivity (Wildman–Crippen MR) is 59.3 cm³/mol. The van der Waals surface area contributed by atoms with E-state index in [1.54, 1.807) is 12.4 Å². The fourth-order valence-electron chi connectivity index (χ4n) is 2.17. The Balaban J connectivity index is 2.20. The summed E-state index contributed by atoms with van der Waals surface area (Å²) in [6.45, 7) is 5.11. The molecule has 1 aromatic rings. The van der Waals surface area contributed by atoms with E-state index >= 15 is 0 Å². The molecular weight excluding hydrogens is 206 g/mol. The molecule has 86 valence electrons. The van der Waals surface area contributed by atoms with E-state index in [1.807, 2.05) is 18.7 Å². The van der Waals surface area contributed by atoms with Crippen LogP contribution >= 0.6 is 0 Å². The van der Waals surface area contributed by atoms with Crippen molar-refractivity contribution in [2.75, 3.05) is 18.0 Å². The molecule has 16 heavy (non-hydrogen) atoms. The second kappa shape index (κ2) is 4.08. The average molecular weight is 221 g/mol. The Kier molecular flexibility index (Phi) is 2.77. The molecule has 0 bridgehead atoms. The Hall–Kier alpha value is -1.65. The predicted octanol–water partition coefficient (Wildman–Crippen LogP) is 0.942. The molecular formula is C11H15N3O2. The smallest absolute Gasteiger partial charge is 0.308 e. The standard InChI is InChI=1S/C11H15N3O2/c1-7-5-14(6-9(7)11(15)16)10-8(2)12-3-4-13-10/h3-4,7,9H,5-6H2,1-2H3,(H,15,16)/t7-,9-/m1/s1. The number of anilines is 1. The van der Waals surface area contributed by atoms with Crippen LogP contribution in [0.25, 0.3) is 0 Å². The van der Waals surface area contributed by atoms with Gasteiger partial charge in [0.25, 0.3) is 0 Å². The second-order valence-electron chi connectivity index (χ2n) is 4.29. The SMILES string of the molecule is Cc1nccnc1N1C[C@@H](C)[C@H](C(=O)O)C1. The molecule has 2 rings (SSSR count). The quantitative estimate of drug-likeness (QED) is 0.805. The maximum Gasteiger partial charge on any atom is 0.308 e. The Bertz CT molecular complexity index is 408. The Morgan fingerprint density at radius 2 is 2.12 bits per heavy atom. The van der Waals surface area contributed by atoms with Crippen LogP contribution in [0.15, 0.2) is 12.4 Å². The number of aromatic nitrogens is 2. The summed E-state index contributed by atoms with van der Waals surface area (Å²) in [5, 5.41) is 9.05. The molecule has 1 saturated heterocycles. The Morgan fingerprint density at radius 3 is 2.69 bits per heavy atom. The molecule has 1 N–H and O–H groups in total. The van der Waals surface area contributed by atoms with Gasteiger partial charge < -0.3 is 10.0 Å². The lowest BCUT2D eigenvalue weighted by atomic mass is 9.99. The topological polar surface area (TPSA) is 66.3 Å². The van der Waals surface area contributed by atoms with Crippen LogP contribution in [0.1, 0.15) is 12.6 Å².